The minimum atomic E-state index is -0.855. The molecule has 2 N–H and O–H groups in total. The van der Waals surface area contributed by atoms with Crippen molar-refractivity contribution in [3.05, 3.63) is 62.2 Å². The van der Waals surface area contributed by atoms with Gasteiger partial charge in [-0.3, -0.25) is 0 Å². The number of carbonyl (C=O) groups excluding carboxylic acids is 2. The van der Waals surface area contributed by atoms with Crippen LogP contribution in [0.4, 0.5) is 0 Å². The monoisotopic (exact) mass is 527 g/mol. The summed E-state index contributed by atoms with van der Waals surface area (Å²) in [6, 6.07) is 5.02. The number of carbonyl (C=O) groups is 2. The molecule has 1 aliphatic heterocycles. The van der Waals surface area contributed by atoms with Crippen LogP contribution in [0, 0.1) is 0 Å². The van der Waals surface area contributed by atoms with Gasteiger partial charge in [-0.25, -0.2) is 9.59 Å². The van der Waals surface area contributed by atoms with Crippen LogP contribution in [0.3, 0.4) is 0 Å². The number of tetrazole rings is 1. The topological polar surface area (TPSA) is 128 Å². The van der Waals surface area contributed by atoms with Crippen LogP contribution >= 0.6 is 35.0 Å². The second kappa shape index (κ2) is 11.7. The number of dihydropyridines is 1. The standard InChI is InChI=1S/C21H23Cl2N5O5S/c1-11-16(20(30)32-2)17(12-5-4-6-13(22)19(12)23)18(21(31)33-3)14(24-11)9-34-10-15-25-27-28(26-15)7-8-29/h4-6,17,24,29H,7-10H2,1-3H3. The Kier molecular flexibility index (Phi) is 8.95. The van der Waals surface area contributed by atoms with Crippen molar-refractivity contribution in [1.29, 1.82) is 0 Å². The second-order valence-corrected chi connectivity index (χ2v) is 8.90. The predicted octanol–water partition coefficient (Wildman–Crippen LogP) is 2.47. The SMILES string of the molecule is COC(=O)C1=C(C)NC(CSCc2nnn(CCO)n2)=C(C(=O)OC)C1c1cccc(Cl)c1Cl. The predicted molar refractivity (Wildman–Crippen MR) is 127 cm³/mol. The average molecular weight is 528 g/mol. The molecule has 0 saturated carbocycles. The van der Waals surface area contributed by atoms with E-state index in [1.165, 1.54) is 30.8 Å². The quantitative estimate of drug-likeness (QED) is 0.469. The van der Waals surface area contributed by atoms with E-state index < -0.39 is 17.9 Å². The van der Waals surface area contributed by atoms with Gasteiger partial charge in [0.1, 0.15) is 0 Å². The van der Waals surface area contributed by atoms with E-state index in [-0.39, 0.29) is 34.3 Å². The number of esters is 2. The van der Waals surface area contributed by atoms with E-state index in [2.05, 4.69) is 20.7 Å². The molecule has 1 aromatic heterocycles. The lowest BCUT2D eigenvalue weighted by Gasteiger charge is -2.31. The van der Waals surface area contributed by atoms with Crippen molar-refractivity contribution in [2.24, 2.45) is 0 Å². The Morgan fingerprint density at radius 1 is 1.18 bits per heavy atom. The molecule has 1 unspecified atom stereocenters. The van der Waals surface area contributed by atoms with Crippen molar-refractivity contribution in [3.8, 4) is 0 Å². The molecule has 0 amide bonds. The number of hydrogen-bond acceptors (Lipinski definition) is 10. The van der Waals surface area contributed by atoms with Crippen LogP contribution in [0.2, 0.25) is 10.0 Å². The van der Waals surface area contributed by atoms with Crippen LogP contribution in [-0.2, 0) is 31.4 Å². The number of nitrogens with one attached hydrogen (secondary N) is 1. The number of aliphatic hydroxyl groups excluding tert-OH is 1. The highest BCUT2D eigenvalue weighted by Crippen LogP contribution is 2.44. The van der Waals surface area contributed by atoms with Gasteiger partial charge in [0, 0.05) is 17.1 Å². The van der Waals surface area contributed by atoms with Gasteiger partial charge < -0.3 is 19.9 Å². The third-order valence-corrected chi connectivity index (χ3v) is 6.81. The molecule has 0 spiro atoms. The van der Waals surface area contributed by atoms with Crippen LogP contribution in [0.25, 0.3) is 0 Å². The molecular weight excluding hydrogens is 505 g/mol. The summed E-state index contributed by atoms with van der Waals surface area (Å²) in [5.74, 6) is -0.855. The Balaban J connectivity index is 2.01. The van der Waals surface area contributed by atoms with Gasteiger partial charge in [0.15, 0.2) is 5.82 Å². The summed E-state index contributed by atoms with van der Waals surface area (Å²) < 4.78 is 10.1. The minimum Gasteiger partial charge on any atom is -0.466 e. The number of aliphatic hydroxyl groups is 1. The summed E-state index contributed by atoms with van der Waals surface area (Å²) in [7, 11) is 2.53. The molecule has 1 aromatic carbocycles. The summed E-state index contributed by atoms with van der Waals surface area (Å²) in [5, 5.41) is 24.7. The van der Waals surface area contributed by atoms with Crippen LogP contribution in [0.1, 0.15) is 24.2 Å². The van der Waals surface area contributed by atoms with Crippen molar-refractivity contribution in [2.75, 3.05) is 26.6 Å². The molecule has 0 radical (unpaired) electrons. The van der Waals surface area contributed by atoms with E-state index in [4.69, 9.17) is 37.8 Å². The Bertz CT molecular complexity index is 1150. The first-order valence-electron chi connectivity index (χ1n) is 10.1. The Labute approximate surface area is 210 Å². The van der Waals surface area contributed by atoms with E-state index in [0.29, 0.717) is 34.3 Å². The molecule has 34 heavy (non-hydrogen) atoms. The lowest BCUT2D eigenvalue weighted by molar-refractivity contribution is -0.137. The zero-order valence-electron chi connectivity index (χ0n) is 18.7. The van der Waals surface area contributed by atoms with Gasteiger partial charge in [0.2, 0.25) is 0 Å². The van der Waals surface area contributed by atoms with Crippen molar-refractivity contribution in [3.63, 3.8) is 0 Å². The summed E-state index contributed by atoms with van der Waals surface area (Å²) in [5.41, 5.74) is 2.00. The maximum absolute atomic E-state index is 13.0. The zero-order chi connectivity index (χ0) is 24.8. The molecule has 0 saturated heterocycles. The largest absolute Gasteiger partial charge is 0.466 e. The van der Waals surface area contributed by atoms with Crippen molar-refractivity contribution in [2.45, 2.75) is 25.1 Å². The van der Waals surface area contributed by atoms with Crippen LogP contribution in [0.5, 0.6) is 0 Å². The van der Waals surface area contributed by atoms with E-state index in [1.54, 1.807) is 25.1 Å². The smallest absolute Gasteiger partial charge is 0.336 e. The number of ether oxygens (including phenoxy) is 2. The van der Waals surface area contributed by atoms with E-state index in [9.17, 15) is 9.59 Å². The van der Waals surface area contributed by atoms with Crippen molar-refractivity contribution in [1.82, 2.24) is 25.5 Å². The van der Waals surface area contributed by atoms with Gasteiger partial charge in [-0.05, 0) is 23.8 Å². The first kappa shape index (κ1) is 26.0. The van der Waals surface area contributed by atoms with E-state index in [1.807, 2.05) is 0 Å². The Hall–Kier alpha value is -2.60. The normalized spacial score (nSPS) is 15.9. The number of benzene rings is 1. The fourth-order valence-electron chi connectivity index (χ4n) is 3.56. The Morgan fingerprint density at radius 2 is 1.88 bits per heavy atom. The van der Waals surface area contributed by atoms with Crippen LogP contribution in [-0.4, -0.2) is 63.8 Å². The van der Waals surface area contributed by atoms with Crippen molar-refractivity contribution < 1.29 is 24.2 Å². The molecule has 13 heteroatoms. The molecule has 0 bridgehead atoms. The first-order chi connectivity index (χ1) is 16.3. The number of halogens is 2. The number of hydrogen-bond donors (Lipinski definition) is 2. The van der Waals surface area contributed by atoms with E-state index >= 15 is 0 Å². The molecular formula is C21H23Cl2N5O5S. The van der Waals surface area contributed by atoms with Crippen molar-refractivity contribution >= 4 is 46.9 Å². The fraction of sp³-hybridized carbons (Fsp3) is 0.381. The molecule has 2 aromatic rings. The fourth-order valence-corrected chi connectivity index (χ4v) is 4.81. The number of thioether (sulfide) groups is 1. The summed E-state index contributed by atoms with van der Waals surface area (Å²) in [6.45, 7) is 1.88. The van der Waals surface area contributed by atoms with Gasteiger partial charge >= 0.3 is 11.9 Å². The number of methoxy groups -OCH3 is 2. The molecule has 1 aliphatic rings. The third-order valence-electron chi connectivity index (χ3n) is 5.02. The molecule has 2 heterocycles. The van der Waals surface area contributed by atoms with Crippen LogP contribution in [0.15, 0.2) is 40.7 Å². The number of rotatable bonds is 9. The van der Waals surface area contributed by atoms with Gasteiger partial charge in [-0.15, -0.1) is 22.0 Å². The average Bonchev–Trinajstić information content (AvgIpc) is 3.27. The molecule has 182 valence electrons. The molecule has 3 rings (SSSR count). The maximum atomic E-state index is 13.0. The number of allylic oxidation sites excluding steroid dienone is 1. The lowest BCUT2D eigenvalue weighted by atomic mass is 9.80. The highest BCUT2D eigenvalue weighted by molar-refractivity contribution is 7.98. The van der Waals surface area contributed by atoms with Crippen LogP contribution < -0.4 is 5.32 Å². The molecule has 0 aliphatic carbocycles. The molecule has 1 atom stereocenters. The summed E-state index contributed by atoms with van der Waals surface area (Å²) in [4.78, 5) is 27.0. The Morgan fingerprint density at radius 3 is 2.56 bits per heavy atom. The summed E-state index contributed by atoms with van der Waals surface area (Å²) >= 11 is 14.2. The first-order valence-corrected chi connectivity index (χ1v) is 12.0. The van der Waals surface area contributed by atoms with Gasteiger partial charge in [0.25, 0.3) is 0 Å². The highest BCUT2D eigenvalue weighted by Gasteiger charge is 2.39. The molecule has 10 nitrogen and oxygen atoms in total. The van der Waals surface area contributed by atoms with E-state index in [0.717, 1.165) is 0 Å². The highest BCUT2D eigenvalue weighted by atomic mass is 35.5. The molecule has 0 fully saturated rings. The second-order valence-electron chi connectivity index (χ2n) is 7.13. The van der Waals surface area contributed by atoms with Gasteiger partial charge in [0.05, 0.1) is 60.2 Å². The third kappa shape index (κ3) is 5.54. The number of aromatic nitrogens is 4. The van der Waals surface area contributed by atoms with Gasteiger partial charge in [-0.1, -0.05) is 35.3 Å². The maximum Gasteiger partial charge on any atom is 0.336 e. The summed E-state index contributed by atoms with van der Waals surface area (Å²) in [6.07, 6.45) is 0. The number of nitrogens with zero attached hydrogens (tertiary/aromatic N) is 4. The zero-order valence-corrected chi connectivity index (χ0v) is 21.0. The van der Waals surface area contributed by atoms with Gasteiger partial charge in [-0.2, -0.15) is 4.80 Å². The lowest BCUT2D eigenvalue weighted by Crippen LogP contribution is -2.33. The minimum absolute atomic E-state index is 0.0934.